The van der Waals surface area contributed by atoms with Crippen molar-refractivity contribution in [2.75, 3.05) is 13.1 Å². The maximum atomic E-state index is 11.9. The molecule has 1 saturated heterocycles. The number of aromatic nitrogens is 2. The molecular weight excluding hydrogens is 304 g/mol. The Morgan fingerprint density at radius 1 is 1.45 bits per heavy atom. The SMILES string of the molecule is CC(C)(C)OC(=O)N[C@H]1CCCN(Cc2nccnc2Cl)C1. The minimum absolute atomic E-state index is 0.0825. The summed E-state index contributed by atoms with van der Waals surface area (Å²) in [7, 11) is 0. The van der Waals surface area contributed by atoms with Crippen molar-refractivity contribution >= 4 is 17.7 Å². The summed E-state index contributed by atoms with van der Waals surface area (Å²) >= 11 is 6.05. The molecule has 122 valence electrons. The molecule has 22 heavy (non-hydrogen) atoms. The minimum Gasteiger partial charge on any atom is -0.444 e. The molecule has 0 saturated carbocycles. The van der Waals surface area contributed by atoms with E-state index < -0.39 is 5.60 Å². The fourth-order valence-electron chi connectivity index (χ4n) is 2.46. The molecule has 0 unspecified atom stereocenters. The Balaban J connectivity index is 1.87. The van der Waals surface area contributed by atoms with E-state index >= 15 is 0 Å². The molecule has 2 heterocycles. The number of halogens is 1. The zero-order chi connectivity index (χ0) is 16.2. The van der Waals surface area contributed by atoms with Gasteiger partial charge in [0.1, 0.15) is 5.60 Å². The molecule has 1 aromatic rings. The first-order chi connectivity index (χ1) is 10.3. The molecule has 1 aromatic heterocycles. The van der Waals surface area contributed by atoms with Crippen LogP contribution in [0.1, 0.15) is 39.3 Å². The summed E-state index contributed by atoms with van der Waals surface area (Å²) < 4.78 is 5.30. The molecule has 1 aliphatic heterocycles. The van der Waals surface area contributed by atoms with Gasteiger partial charge in [-0.15, -0.1) is 0 Å². The van der Waals surface area contributed by atoms with E-state index in [2.05, 4.69) is 20.2 Å². The van der Waals surface area contributed by atoms with Gasteiger partial charge in [0.2, 0.25) is 0 Å². The van der Waals surface area contributed by atoms with Gasteiger partial charge in [0, 0.05) is 31.5 Å². The number of hydrogen-bond donors (Lipinski definition) is 1. The fourth-order valence-corrected chi connectivity index (χ4v) is 2.62. The lowest BCUT2D eigenvalue weighted by atomic mass is 10.1. The minimum atomic E-state index is -0.481. The van der Waals surface area contributed by atoms with Crippen molar-refractivity contribution in [2.24, 2.45) is 0 Å². The van der Waals surface area contributed by atoms with Gasteiger partial charge in [0.15, 0.2) is 5.15 Å². The summed E-state index contributed by atoms with van der Waals surface area (Å²) in [6.07, 6.45) is 4.82. The second-order valence-corrected chi connectivity index (χ2v) is 6.87. The first kappa shape index (κ1) is 17.0. The van der Waals surface area contributed by atoms with Crippen molar-refractivity contribution in [1.29, 1.82) is 0 Å². The Morgan fingerprint density at radius 2 is 2.18 bits per heavy atom. The average Bonchev–Trinajstić information content (AvgIpc) is 2.39. The number of amides is 1. The Labute approximate surface area is 136 Å². The Hall–Kier alpha value is -1.40. The average molecular weight is 327 g/mol. The van der Waals surface area contributed by atoms with E-state index in [4.69, 9.17) is 16.3 Å². The lowest BCUT2D eigenvalue weighted by Crippen LogP contribution is -2.48. The number of alkyl carbamates (subject to hydrolysis) is 1. The van der Waals surface area contributed by atoms with Crippen LogP contribution in [0, 0.1) is 0 Å². The van der Waals surface area contributed by atoms with Crippen LogP contribution < -0.4 is 5.32 Å². The van der Waals surface area contributed by atoms with Crippen molar-refractivity contribution < 1.29 is 9.53 Å². The Morgan fingerprint density at radius 3 is 2.86 bits per heavy atom. The summed E-state index contributed by atoms with van der Waals surface area (Å²) in [6, 6.07) is 0.0825. The van der Waals surface area contributed by atoms with Gasteiger partial charge >= 0.3 is 6.09 Å². The lowest BCUT2D eigenvalue weighted by Gasteiger charge is -2.33. The zero-order valence-electron chi connectivity index (χ0n) is 13.3. The molecule has 2 rings (SSSR count). The Kier molecular flexibility index (Phi) is 5.58. The predicted octanol–water partition coefficient (Wildman–Crippen LogP) is 2.62. The topological polar surface area (TPSA) is 67.3 Å². The summed E-state index contributed by atoms with van der Waals surface area (Å²) in [5.74, 6) is 0. The number of carbonyl (C=O) groups excluding carboxylic acids is 1. The van der Waals surface area contributed by atoms with Gasteiger partial charge in [0.05, 0.1) is 5.69 Å². The summed E-state index contributed by atoms with van der Waals surface area (Å²) in [4.78, 5) is 22.4. The first-order valence-corrected chi connectivity index (χ1v) is 7.88. The molecule has 1 amide bonds. The van der Waals surface area contributed by atoms with Gasteiger partial charge in [-0.05, 0) is 40.2 Å². The summed E-state index contributed by atoms with van der Waals surface area (Å²) in [5, 5.41) is 3.37. The molecule has 1 aliphatic rings. The monoisotopic (exact) mass is 326 g/mol. The summed E-state index contributed by atoms with van der Waals surface area (Å²) in [6.45, 7) is 7.92. The standard InChI is InChI=1S/C15H23ClN4O2/c1-15(2,3)22-14(21)19-11-5-4-8-20(9-11)10-12-13(16)18-7-6-17-12/h6-7,11H,4-5,8-10H2,1-3H3,(H,19,21)/t11-/m0/s1. The second kappa shape index (κ2) is 7.24. The Bertz CT molecular complexity index is 519. The van der Waals surface area contributed by atoms with Crippen LogP contribution in [-0.4, -0.2) is 45.7 Å². The van der Waals surface area contributed by atoms with Crippen LogP contribution in [0.25, 0.3) is 0 Å². The highest BCUT2D eigenvalue weighted by Gasteiger charge is 2.24. The highest BCUT2D eigenvalue weighted by molar-refractivity contribution is 6.29. The number of rotatable bonds is 3. The second-order valence-electron chi connectivity index (χ2n) is 6.51. The van der Waals surface area contributed by atoms with Crippen LogP contribution in [0.3, 0.4) is 0 Å². The fraction of sp³-hybridized carbons (Fsp3) is 0.667. The van der Waals surface area contributed by atoms with E-state index in [0.29, 0.717) is 11.7 Å². The molecule has 1 fully saturated rings. The number of nitrogens with one attached hydrogen (secondary N) is 1. The van der Waals surface area contributed by atoms with Crippen molar-refractivity contribution in [3.05, 3.63) is 23.2 Å². The highest BCUT2D eigenvalue weighted by Crippen LogP contribution is 2.17. The van der Waals surface area contributed by atoms with Gasteiger partial charge in [-0.1, -0.05) is 11.6 Å². The third kappa shape index (κ3) is 5.42. The van der Waals surface area contributed by atoms with E-state index in [1.54, 1.807) is 12.4 Å². The van der Waals surface area contributed by atoms with Crippen molar-refractivity contribution in [1.82, 2.24) is 20.2 Å². The van der Waals surface area contributed by atoms with Crippen LogP contribution >= 0.6 is 11.6 Å². The predicted molar refractivity (Wildman–Crippen MR) is 84.7 cm³/mol. The summed E-state index contributed by atoms with van der Waals surface area (Å²) in [5.41, 5.74) is 0.285. The normalized spacial score (nSPS) is 19.7. The van der Waals surface area contributed by atoms with Gasteiger partial charge in [-0.25, -0.2) is 9.78 Å². The van der Waals surface area contributed by atoms with Crippen LogP contribution in [0.5, 0.6) is 0 Å². The molecule has 7 heteroatoms. The molecule has 0 bridgehead atoms. The van der Waals surface area contributed by atoms with Gasteiger partial charge in [-0.2, -0.15) is 0 Å². The van der Waals surface area contributed by atoms with Crippen LogP contribution in [0.4, 0.5) is 4.79 Å². The number of likely N-dealkylation sites (tertiary alicyclic amines) is 1. The van der Waals surface area contributed by atoms with Gasteiger partial charge < -0.3 is 10.1 Å². The molecule has 0 spiro atoms. The lowest BCUT2D eigenvalue weighted by molar-refractivity contribution is 0.0470. The van der Waals surface area contributed by atoms with E-state index in [-0.39, 0.29) is 12.1 Å². The third-order valence-corrected chi connectivity index (χ3v) is 3.64. The smallest absolute Gasteiger partial charge is 0.407 e. The number of ether oxygens (including phenoxy) is 1. The maximum absolute atomic E-state index is 11.9. The largest absolute Gasteiger partial charge is 0.444 e. The molecular formula is C15H23ClN4O2. The van der Waals surface area contributed by atoms with Crippen LogP contribution in [0.2, 0.25) is 5.15 Å². The van der Waals surface area contributed by atoms with E-state index in [1.165, 1.54) is 0 Å². The molecule has 0 aliphatic carbocycles. The number of piperidine rings is 1. The molecule has 0 radical (unpaired) electrons. The van der Waals surface area contributed by atoms with Crippen LogP contribution in [-0.2, 0) is 11.3 Å². The van der Waals surface area contributed by atoms with Gasteiger partial charge in [0.25, 0.3) is 0 Å². The number of hydrogen-bond acceptors (Lipinski definition) is 5. The van der Waals surface area contributed by atoms with Gasteiger partial charge in [-0.3, -0.25) is 9.88 Å². The van der Waals surface area contributed by atoms with E-state index in [1.807, 2.05) is 20.8 Å². The van der Waals surface area contributed by atoms with Crippen LogP contribution in [0.15, 0.2) is 12.4 Å². The molecule has 1 N–H and O–H groups in total. The quantitative estimate of drug-likeness (QED) is 0.924. The van der Waals surface area contributed by atoms with Crippen molar-refractivity contribution in [2.45, 2.75) is 51.8 Å². The van der Waals surface area contributed by atoms with Crippen molar-refractivity contribution in [3.8, 4) is 0 Å². The van der Waals surface area contributed by atoms with E-state index in [9.17, 15) is 4.79 Å². The third-order valence-electron chi connectivity index (χ3n) is 3.32. The maximum Gasteiger partial charge on any atom is 0.407 e. The number of nitrogens with zero attached hydrogens (tertiary/aromatic N) is 3. The molecule has 6 nitrogen and oxygen atoms in total. The molecule has 1 atom stereocenters. The van der Waals surface area contributed by atoms with Crippen molar-refractivity contribution in [3.63, 3.8) is 0 Å². The highest BCUT2D eigenvalue weighted by atomic mass is 35.5. The number of carbonyl (C=O) groups is 1. The van der Waals surface area contributed by atoms with E-state index in [0.717, 1.165) is 31.6 Å². The zero-order valence-corrected chi connectivity index (χ0v) is 14.1. The first-order valence-electron chi connectivity index (χ1n) is 7.51. The molecule has 0 aromatic carbocycles.